The van der Waals surface area contributed by atoms with E-state index < -0.39 is 34.7 Å². The topological polar surface area (TPSA) is 154 Å². The van der Waals surface area contributed by atoms with Gasteiger partial charge in [-0.15, -0.1) is 0 Å². The normalized spacial score (nSPS) is 12.3. The Kier molecular flexibility index (Phi) is 5.46. The number of hydrogen-bond acceptors (Lipinski definition) is 9. The van der Waals surface area contributed by atoms with Gasteiger partial charge in [0.1, 0.15) is 0 Å². The minimum atomic E-state index is -1.35. The maximum Gasteiger partial charge on any atom is 0.360 e. The highest BCUT2D eigenvalue weighted by Crippen LogP contribution is 2.43. The van der Waals surface area contributed by atoms with Crippen molar-refractivity contribution in [2.45, 2.75) is 4.34 Å². The van der Waals surface area contributed by atoms with Crippen LogP contribution in [-0.2, 0) is 14.4 Å². The predicted octanol–water partition coefficient (Wildman–Crippen LogP) is 1.69. The third-order valence-corrected chi connectivity index (χ3v) is 7.13. The van der Waals surface area contributed by atoms with Crippen molar-refractivity contribution >= 4 is 61.6 Å². The highest BCUT2D eigenvalue weighted by molar-refractivity contribution is 7.99. The van der Waals surface area contributed by atoms with Crippen molar-refractivity contribution in [2.24, 2.45) is 16.0 Å². The smallest absolute Gasteiger partial charge is 0.360 e. The van der Waals surface area contributed by atoms with Crippen LogP contribution in [0.4, 0.5) is 0 Å². The number of primary amides is 1. The van der Waals surface area contributed by atoms with Crippen molar-refractivity contribution in [2.75, 3.05) is 6.61 Å². The third kappa shape index (κ3) is 3.83. The number of carbonyl (C=O) groups excluding carboxylic acids is 1. The molecule has 0 spiro atoms. The molecule has 134 valence electrons. The molecule has 3 rings (SSSR count). The van der Waals surface area contributed by atoms with Gasteiger partial charge in [0.05, 0.1) is 20.7 Å². The summed E-state index contributed by atoms with van der Waals surface area (Å²) in [5.74, 6) is -2.12. The van der Waals surface area contributed by atoms with E-state index in [1.807, 2.05) is 24.3 Å². The molecule has 0 aliphatic heterocycles. The highest BCUT2D eigenvalue weighted by atomic mass is 32.2. The van der Waals surface area contributed by atoms with Gasteiger partial charge >= 0.3 is 14.6 Å². The lowest BCUT2D eigenvalue weighted by Crippen LogP contribution is -2.19. The van der Waals surface area contributed by atoms with Crippen molar-refractivity contribution in [3.05, 3.63) is 35.3 Å². The van der Waals surface area contributed by atoms with Gasteiger partial charge in [-0.1, -0.05) is 28.6 Å². The van der Waals surface area contributed by atoms with E-state index in [9.17, 15) is 14.7 Å². The number of aromatic nitrogens is 2. The molecule has 2 heterocycles. The molecule has 0 saturated carbocycles. The fraction of sp³-hybridized carbons (Fsp3) is 0.0714. The van der Waals surface area contributed by atoms with E-state index in [0.717, 1.165) is 26.5 Å². The Morgan fingerprint density at radius 1 is 1.35 bits per heavy atom. The van der Waals surface area contributed by atoms with Gasteiger partial charge in [-0.05, 0) is 12.1 Å². The van der Waals surface area contributed by atoms with Gasteiger partial charge in [-0.2, -0.15) is 9.97 Å². The predicted molar refractivity (Wildman–Crippen MR) is 101 cm³/mol. The lowest BCUT2D eigenvalue weighted by atomic mass is 10.3. The lowest BCUT2D eigenvalue weighted by molar-refractivity contribution is -0.130. The van der Waals surface area contributed by atoms with Crippen LogP contribution in [-0.4, -0.2) is 39.3 Å². The summed E-state index contributed by atoms with van der Waals surface area (Å²) in [6.07, 6.45) is 0. The first-order valence-electron chi connectivity index (χ1n) is 6.97. The van der Waals surface area contributed by atoms with Crippen LogP contribution in [0.15, 0.2) is 39.1 Å². The number of oxime groups is 1. The number of benzene rings is 1. The van der Waals surface area contributed by atoms with E-state index in [-0.39, 0.29) is 5.69 Å². The summed E-state index contributed by atoms with van der Waals surface area (Å²) in [6, 6.07) is 7.66. The van der Waals surface area contributed by atoms with Crippen LogP contribution >= 0.6 is 33.8 Å². The number of aliphatic carboxylic acids is 1. The van der Waals surface area contributed by atoms with Gasteiger partial charge in [0.15, 0.2) is 17.7 Å². The van der Waals surface area contributed by atoms with Crippen LogP contribution in [0, 0.1) is 0 Å². The van der Waals surface area contributed by atoms with E-state index in [4.69, 9.17) is 10.9 Å². The zero-order valence-corrected chi connectivity index (χ0v) is 15.4. The number of carboxylic acid groups (broad SMARTS) is 1. The van der Waals surface area contributed by atoms with Crippen molar-refractivity contribution in [1.29, 1.82) is 0 Å². The first-order chi connectivity index (χ1) is 12.5. The Morgan fingerprint density at radius 2 is 2.12 bits per heavy atom. The maximum absolute atomic E-state index is 11.5. The van der Waals surface area contributed by atoms with Gasteiger partial charge < -0.3 is 15.7 Å². The van der Waals surface area contributed by atoms with Crippen molar-refractivity contribution < 1.29 is 19.5 Å². The monoisotopic (exact) mass is 410 g/mol. The van der Waals surface area contributed by atoms with Crippen molar-refractivity contribution in [1.82, 2.24) is 9.97 Å². The largest absolute Gasteiger partial charge is 0.476 e. The molecular formula is C14H12N5O4S3+. The molecule has 0 fully saturated rings. The van der Waals surface area contributed by atoms with Crippen molar-refractivity contribution in [3.63, 3.8) is 0 Å². The number of nitrogens with zero attached hydrogens (tertiary/aromatic N) is 3. The quantitative estimate of drug-likeness (QED) is 0.230. The second kappa shape index (κ2) is 7.78. The number of carboxylic acids is 1. The zero-order chi connectivity index (χ0) is 18.7. The fourth-order valence-corrected chi connectivity index (χ4v) is 5.89. The molecule has 5 N–H and O–H groups in total. The van der Waals surface area contributed by atoms with E-state index in [0.29, 0.717) is 4.34 Å². The molecule has 26 heavy (non-hydrogen) atoms. The van der Waals surface area contributed by atoms with E-state index in [1.54, 1.807) is 5.38 Å². The van der Waals surface area contributed by atoms with Gasteiger partial charge in [0, 0.05) is 11.9 Å². The average molecular weight is 410 g/mol. The molecular weight excluding hydrogens is 398 g/mol. The molecule has 1 aromatic carbocycles. The number of fused-ring (bicyclic) bond motifs is 1. The van der Waals surface area contributed by atoms with Crippen LogP contribution in [0.2, 0.25) is 0 Å². The van der Waals surface area contributed by atoms with E-state index in [1.165, 1.54) is 11.3 Å². The lowest BCUT2D eigenvalue weighted by Gasteiger charge is -1.96. The molecule has 1 unspecified atom stereocenters. The van der Waals surface area contributed by atoms with Crippen LogP contribution in [0.1, 0.15) is 5.69 Å². The number of rotatable bonds is 7. The molecule has 0 radical (unpaired) electrons. The Labute approximate surface area is 157 Å². The minimum absolute atomic E-state index is 0.0949. The maximum atomic E-state index is 11.5. The van der Waals surface area contributed by atoms with Crippen LogP contribution < -0.4 is 10.9 Å². The number of para-hydroxylation sites is 1. The second-order valence-electron chi connectivity index (χ2n) is 4.77. The standard InChI is InChI=1S/C14H11N5O4S3/c15-10(20)5-23-19-11(12(21)22)8-6-26(14(18-8)25-16)13-17-7-3-1-2-4-9(7)24-13/h1-4,6H,5,16H2,(H2-,15,20,21,22)/p+1/b19-11-. The molecule has 0 saturated heterocycles. The first-order valence-corrected chi connectivity index (χ1v) is 9.96. The summed E-state index contributed by atoms with van der Waals surface area (Å²) in [6.45, 7) is -0.532. The molecule has 1 atom stereocenters. The summed E-state index contributed by atoms with van der Waals surface area (Å²) >= 11 is 2.41. The molecule has 3 aromatic rings. The van der Waals surface area contributed by atoms with Crippen LogP contribution in [0.25, 0.3) is 14.6 Å². The Bertz CT molecular complexity index is 980. The molecule has 2 aromatic heterocycles. The van der Waals surface area contributed by atoms with E-state index >= 15 is 0 Å². The number of nitrogens with two attached hydrogens (primary N) is 2. The van der Waals surface area contributed by atoms with E-state index in [2.05, 4.69) is 20.0 Å². The summed E-state index contributed by atoms with van der Waals surface area (Å²) in [5.41, 5.74) is 5.44. The summed E-state index contributed by atoms with van der Waals surface area (Å²) in [4.78, 5) is 35.6. The highest BCUT2D eigenvalue weighted by Gasteiger charge is 2.30. The Hall–Kier alpha value is -2.54. The molecule has 0 aliphatic rings. The number of amides is 1. The minimum Gasteiger partial charge on any atom is -0.476 e. The second-order valence-corrected chi connectivity index (χ2v) is 8.62. The molecule has 0 bridgehead atoms. The van der Waals surface area contributed by atoms with Crippen LogP contribution in [0.3, 0.4) is 0 Å². The average Bonchev–Trinajstić information content (AvgIpc) is 3.21. The van der Waals surface area contributed by atoms with Gasteiger partial charge in [-0.3, -0.25) is 9.93 Å². The summed E-state index contributed by atoms with van der Waals surface area (Å²) in [7, 11) is -0.701. The SMILES string of the molecule is NSc1nc(/C(=N/OCC(N)=O)C(=O)O)c[s+]1-c1nc2ccccc2s1. The van der Waals surface area contributed by atoms with Crippen LogP contribution in [0.5, 0.6) is 0 Å². The molecule has 1 amide bonds. The molecule has 9 nitrogen and oxygen atoms in total. The number of carbonyl (C=O) groups is 2. The number of hydrogen-bond donors (Lipinski definition) is 3. The van der Waals surface area contributed by atoms with Crippen molar-refractivity contribution in [3.8, 4) is 4.34 Å². The van der Waals surface area contributed by atoms with Gasteiger partial charge in [0.25, 0.3) is 5.91 Å². The molecule has 0 aliphatic carbocycles. The number of thiazole rings is 2. The molecule has 12 heteroatoms. The fourth-order valence-electron chi connectivity index (χ4n) is 1.95. The summed E-state index contributed by atoms with van der Waals surface area (Å²) < 4.78 is 2.29. The third-order valence-electron chi connectivity index (χ3n) is 3.00. The first kappa shape index (κ1) is 18.3. The van der Waals surface area contributed by atoms with Gasteiger partial charge in [0.2, 0.25) is 5.71 Å². The summed E-state index contributed by atoms with van der Waals surface area (Å²) in [5, 5.41) is 20.1. The van der Waals surface area contributed by atoms with Gasteiger partial charge in [-0.25, -0.2) is 4.79 Å². The zero-order valence-electron chi connectivity index (χ0n) is 13.0. The Morgan fingerprint density at radius 3 is 2.77 bits per heavy atom. The Balaban J connectivity index is 2.01.